The molecule has 20 heavy (non-hydrogen) atoms. The molecule has 0 amide bonds. The van der Waals surface area contributed by atoms with E-state index in [1.165, 1.54) is 12.3 Å². The molecule has 0 saturated carbocycles. The van der Waals surface area contributed by atoms with Gasteiger partial charge < -0.3 is 0 Å². The van der Waals surface area contributed by atoms with Gasteiger partial charge in [0.15, 0.2) is 5.69 Å². The molecule has 0 spiro atoms. The molecule has 1 rings (SSSR count). The Hall–Kier alpha value is -2.90. The Bertz CT molecular complexity index is 634. The number of rotatable bonds is 5. The van der Waals surface area contributed by atoms with Crippen LogP contribution in [0.15, 0.2) is 52.4 Å². The van der Waals surface area contributed by atoms with Crippen molar-refractivity contribution in [3.63, 3.8) is 0 Å². The van der Waals surface area contributed by atoms with Gasteiger partial charge in [0, 0.05) is 6.07 Å². The van der Waals surface area contributed by atoms with Crippen molar-refractivity contribution in [3.8, 4) is 0 Å². The molecule has 104 valence electrons. The van der Waals surface area contributed by atoms with Crippen LogP contribution >= 0.6 is 0 Å². The van der Waals surface area contributed by atoms with Gasteiger partial charge in [0.25, 0.3) is 5.69 Å². The number of nitrogens with zero attached hydrogens (tertiary/aromatic N) is 4. The topological polar surface area (TPSA) is 111 Å². The van der Waals surface area contributed by atoms with Gasteiger partial charge in [-0.1, -0.05) is 12.2 Å². The lowest BCUT2D eigenvalue weighted by molar-refractivity contribution is -0.393. The molecule has 0 fully saturated rings. The van der Waals surface area contributed by atoms with Crippen LogP contribution < -0.4 is 0 Å². The van der Waals surface area contributed by atoms with Crippen LogP contribution in [0.2, 0.25) is 0 Å². The van der Waals surface area contributed by atoms with Crippen molar-refractivity contribution in [3.05, 3.63) is 62.4 Å². The fraction of sp³-hybridized carbons (Fsp3) is 0.167. The predicted octanol–water partition coefficient (Wildman–Crippen LogP) is 4.07. The largest absolute Gasteiger partial charge is 0.303 e. The Morgan fingerprint density at radius 1 is 1.25 bits per heavy atom. The molecular weight excluding hydrogens is 264 g/mol. The highest BCUT2D eigenvalue weighted by Crippen LogP contribution is 2.31. The molecule has 1 aromatic rings. The highest BCUT2D eigenvalue weighted by molar-refractivity contribution is 5.61. The molecule has 8 heteroatoms. The molecule has 1 aromatic carbocycles. The van der Waals surface area contributed by atoms with E-state index < -0.39 is 15.5 Å². The van der Waals surface area contributed by atoms with E-state index in [1.807, 2.05) is 0 Å². The second-order valence-corrected chi connectivity index (χ2v) is 4.00. The van der Waals surface area contributed by atoms with Gasteiger partial charge in [-0.25, -0.2) is 0 Å². The van der Waals surface area contributed by atoms with Gasteiger partial charge >= 0.3 is 5.69 Å². The van der Waals surface area contributed by atoms with Crippen molar-refractivity contribution < 1.29 is 9.85 Å². The van der Waals surface area contributed by atoms with Crippen LogP contribution in [-0.2, 0) is 0 Å². The first-order valence-corrected chi connectivity index (χ1v) is 5.49. The zero-order valence-electron chi connectivity index (χ0n) is 10.9. The molecule has 0 radical (unpaired) electrons. The van der Waals surface area contributed by atoms with Gasteiger partial charge in [-0.2, -0.15) is 5.11 Å². The summed E-state index contributed by atoms with van der Waals surface area (Å²) in [4.78, 5) is 20.0. The zero-order valence-corrected chi connectivity index (χ0v) is 10.9. The Morgan fingerprint density at radius 3 is 2.40 bits per heavy atom. The van der Waals surface area contributed by atoms with Crippen LogP contribution in [0, 0.1) is 20.2 Å². The van der Waals surface area contributed by atoms with Gasteiger partial charge in [-0.3, -0.25) is 20.2 Å². The number of hydrogen-bond donors (Lipinski definition) is 0. The molecule has 8 nitrogen and oxygen atoms in total. The third kappa shape index (κ3) is 3.80. The molecule has 0 N–H and O–H groups in total. The van der Waals surface area contributed by atoms with Crippen molar-refractivity contribution in [2.75, 3.05) is 0 Å². The summed E-state index contributed by atoms with van der Waals surface area (Å²) in [5.41, 5.74) is 0.681. The van der Waals surface area contributed by atoms with Gasteiger partial charge in [0.2, 0.25) is 0 Å². The van der Waals surface area contributed by atoms with Crippen molar-refractivity contribution in [2.45, 2.75) is 13.8 Å². The quantitative estimate of drug-likeness (QED) is 0.349. The number of benzene rings is 1. The Labute approximate surface area is 114 Å². The van der Waals surface area contributed by atoms with Gasteiger partial charge in [0.1, 0.15) is 0 Å². The first-order valence-electron chi connectivity index (χ1n) is 5.49. The summed E-state index contributed by atoms with van der Waals surface area (Å²) >= 11 is 0. The van der Waals surface area contributed by atoms with Crippen LogP contribution in [-0.4, -0.2) is 9.85 Å². The molecule has 0 atom stereocenters. The van der Waals surface area contributed by atoms with Gasteiger partial charge in [-0.15, -0.1) is 5.11 Å². The lowest BCUT2D eigenvalue weighted by Crippen LogP contribution is -1.92. The summed E-state index contributed by atoms with van der Waals surface area (Å²) in [6, 6.07) is 3.17. The number of nitro benzene ring substituents is 2. The van der Waals surface area contributed by atoms with E-state index in [4.69, 9.17) is 0 Å². The summed E-state index contributed by atoms with van der Waals surface area (Å²) in [7, 11) is 0. The fourth-order valence-electron chi connectivity index (χ4n) is 1.14. The van der Waals surface area contributed by atoms with Crippen molar-refractivity contribution in [1.29, 1.82) is 0 Å². The van der Waals surface area contributed by atoms with E-state index >= 15 is 0 Å². The van der Waals surface area contributed by atoms with Crippen molar-refractivity contribution in [2.24, 2.45) is 10.2 Å². The van der Waals surface area contributed by atoms with E-state index in [-0.39, 0.29) is 11.4 Å². The van der Waals surface area contributed by atoms with Crippen LogP contribution in [0.3, 0.4) is 0 Å². The Kier molecular flexibility index (Phi) is 4.79. The average molecular weight is 276 g/mol. The van der Waals surface area contributed by atoms with Gasteiger partial charge in [0.05, 0.1) is 22.1 Å². The Balaban J connectivity index is 3.16. The molecule has 0 unspecified atom stereocenters. The summed E-state index contributed by atoms with van der Waals surface area (Å²) in [5.74, 6) is 0. The van der Waals surface area contributed by atoms with Crippen molar-refractivity contribution >= 4 is 17.1 Å². The van der Waals surface area contributed by atoms with E-state index in [0.29, 0.717) is 0 Å². The third-order valence-electron chi connectivity index (χ3n) is 2.46. The van der Waals surface area contributed by atoms with Crippen LogP contribution in [0.5, 0.6) is 0 Å². The molecule has 0 aromatic heterocycles. The zero-order chi connectivity index (χ0) is 15.3. The van der Waals surface area contributed by atoms with Crippen LogP contribution in [0.1, 0.15) is 13.8 Å². The minimum atomic E-state index is -0.739. The molecule has 0 bridgehead atoms. The van der Waals surface area contributed by atoms with Crippen LogP contribution in [0.4, 0.5) is 17.1 Å². The maximum absolute atomic E-state index is 10.9. The second kappa shape index (κ2) is 6.32. The highest BCUT2D eigenvalue weighted by atomic mass is 16.6. The number of non-ortho nitro benzene ring substituents is 1. The van der Waals surface area contributed by atoms with E-state index in [1.54, 1.807) is 13.8 Å². The summed E-state index contributed by atoms with van der Waals surface area (Å²) in [6.07, 6.45) is 1.41. The molecular formula is C12H12N4O4. The van der Waals surface area contributed by atoms with Gasteiger partial charge in [-0.05, 0) is 25.5 Å². The minimum Gasteiger partial charge on any atom is -0.258 e. The molecule has 0 heterocycles. The fourth-order valence-corrected chi connectivity index (χ4v) is 1.14. The summed E-state index contributed by atoms with van der Waals surface area (Å²) < 4.78 is 0. The number of azo groups is 1. The summed E-state index contributed by atoms with van der Waals surface area (Å²) in [6.45, 7) is 7.26. The average Bonchev–Trinajstić information content (AvgIpc) is 2.38. The lowest BCUT2D eigenvalue weighted by atomic mass is 10.2. The maximum atomic E-state index is 10.9. The highest BCUT2D eigenvalue weighted by Gasteiger charge is 2.19. The maximum Gasteiger partial charge on any atom is 0.303 e. The second-order valence-electron chi connectivity index (χ2n) is 4.00. The van der Waals surface area contributed by atoms with Crippen molar-refractivity contribution in [1.82, 2.24) is 0 Å². The van der Waals surface area contributed by atoms with Crippen LogP contribution in [0.25, 0.3) is 0 Å². The minimum absolute atomic E-state index is 0.0497. The molecule has 0 saturated heterocycles. The van der Waals surface area contributed by atoms with E-state index in [9.17, 15) is 20.2 Å². The first-order chi connectivity index (χ1) is 9.32. The normalized spacial score (nSPS) is 11.6. The van der Waals surface area contributed by atoms with E-state index in [2.05, 4.69) is 16.8 Å². The SMILES string of the molecule is C=C(C)/C(C)=C/N=Nc1ccc([N+](=O)[O-])cc1[N+](=O)[O-]. The predicted molar refractivity (Wildman–Crippen MR) is 72.8 cm³/mol. The smallest absolute Gasteiger partial charge is 0.258 e. The number of hydrogen-bond acceptors (Lipinski definition) is 6. The molecule has 0 aliphatic carbocycles. The molecule has 0 aliphatic heterocycles. The Morgan fingerprint density at radius 2 is 1.90 bits per heavy atom. The summed E-state index contributed by atoms with van der Waals surface area (Å²) in [5, 5.41) is 28.8. The number of allylic oxidation sites excluding steroid dienone is 2. The first kappa shape index (κ1) is 15.2. The number of nitro groups is 2. The third-order valence-corrected chi connectivity index (χ3v) is 2.46. The lowest BCUT2D eigenvalue weighted by Gasteiger charge is -1.97. The standard InChI is InChI=1S/C12H12N4O4/c1-8(2)9(3)7-13-14-11-5-4-10(15(17)18)6-12(11)16(19)20/h4-7H,1H2,2-3H3/b9-7+,14-13?. The molecule has 0 aliphatic rings. The monoisotopic (exact) mass is 276 g/mol. The van der Waals surface area contributed by atoms with E-state index in [0.717, 1.165) is 23.3 Å².